The van der Waals surface area contributed by atoms with Crippen molar-refractivity contribution in [2.24, 2.45) is 0 Å². The normalized spacial score (nSPS) is 12.3. The van der Waals surface area contributed by atoms with Crippen LogP contribution in [0, 0.1) is 0 Å². The van der Waals surface area contributed by atoms with Gasteiger partial charge >= 0.3 is 4.87 Å². The molecule has 0 saturated carbocycles. The van der Waals surface area contributed by atoms with Crippen LogP contribution in [0.5, 0.6) is 5.75 Å². The summed E-state index contributed by atoms with van der Waals surface area (Å²) in [6, 6.07) is 24.7. The molecule has 2 aromatic heterocycles. The van der Waals surface area contributed by atoms with Crippen molar-refractivity contribution in [3.05, 3.63) is 98.9 Å². The van der Waals surface area contributed by atoms with Gasteiger partial charge in [0.2, 0.25) is 0 Å². The van der Waals surface area contributed by atoms with E-state index in [0.717, 1.165) is 43.3 Å². The predicted molar refractivity (Wildman–Crippen MR) is 132 cm³/mol. The van der Waals surface area contributed by atoms with Crippen molar-refractivity contribution >= 4 is 33.1 Å². The number of nitrogens with zero attached hydrogens (tertiary/aromatic N) is 2. The van der Waals surface area contributed by atoms with Crippen LogP contribution in [0.25, 0.3) is 32.2 Å². The summed E-state index contributed by atoms with van der Waals surface area (Å²) in [5.74, 6) is 0.702. The van der Waals surface area contributed by atoms with Crippen LogP contribution < -0.4 is 15.2 Å². The molecule has 0 saturated heterocycles. The average molecular weight is 459 g/mol. The van der Waals surface area contributed by atoms with Crippen LogP contribution in [-0.4, -0.2) is 27.5 Å². The van der Waals surface area contributed by atoms with E-state index < -0.39 is 16.5 Å². The van der Waals surface area contributed by atoms with Gasteiger partial charge in [-0.05, 0) is 42.0 Å². The van der Waals surface area contributed by atoms with Gasteiger partial charge in [-0.2, -0.15) is 0 Å². The lowest BCUT2D eigenvalue weighted by molar-refractivity contribution is 0.135. The first-order valence-corrected chi connectivity index (χ1v) is 11.4. The maximum atomic E-state index is 12.8. The molecular formula is C26H22N2O4S. The highest BCUT2D eigenvalue weighted by atomic mass is 32.1. The fraction of sp³-hybridized carbons (Fsp3) is 0.154. The summed E-state index contributed by atoms with van der Waals surface area (Å²) >= 11 is 0.988. The van der Waals surface area contributed by atoms with Crippen molar-refractivity contribution in [3.63, 3.8) is 0 Å². The molecule has 6 nitrogen and oxygen atoms in total. The van der Waals surface area contributed by atoms with E-state index in [9.17, 15) is 14.7 Å². The molecule has 1 N–H and O–H groups in total. The summed E-state index contributed by atoms with van der Waals surface area (Å²) in [6.07, 6.45) is -0.909. The largest absolute Gasteiger partial charge is 0.497 e. The van der Waals surface area contributed by atoms with Crippen molar-refractivity contribution < 1.29 is 9.84 Å². The van der Waals surface area contributed by atoms with Gasteiger partial charge < -0.3 is 14.4 Å². The fourth-order valence-electron chi connectivity index (χ4n) is 4.20. The van der Waals surface area contributed by atoms with Crippen molar-refractivity contribution in [1.82, 2.24) is 9.13 Å². The summed E-state index contributed by atoms with van der Waals surface area (Å²) in [5.41, 5.74) is 2.36. The van der Waals surface area contributed by atoms with Crippen molar-refractivity contribution in [2.75, 3.05) is 7.11 Å². The Morgan fingerprint density at radius 3 is 2.00 bits per heavy atom. The molecule has 0 spiro atoms. The van der Waals surface area contributed by atoms with E-state index in [1.165, 1.54) is 6.07 Å². The molecule has 0 radical (unpaired) electrons. The Morgan fingerprint density at radius 1 is 0.848 bits per heavy atom. The molecule has 166 valence electrons. The highest BCUT2D eigenvalue weighted by molar-refractivity contribution is 7.12. The minimum Gasteiger partial charge on any atom is -0.497 e. The van der Waals surface area contributed by atoms with Gasteiger partial charge in [-0.25, -0.2) is 0 Å². The molecule has 0 amide bonds. The third-order valence-corrected chi connectivity index (χ3v) is 6.75. The zero-order chi connectivity index (χ0) is 22.9. The second-order valence-corrected chi connectivity index (χ2v) is 8.85. The maximum Gasteiger partial charge on any atom is 0.310 e. The Kier molecular flexibility index (Phi) is 5.58. The third kappa shape index (κ3) is 3.97. The standard InChI is InChI=1S/C26H22N2O4S/c1-32-19-12-10-17(11-13-19)24-14-25(30)28(26(31)33-24)16-18(29)15-27-22-8-4-2-6-20(22)21-7-3-5-9-23(21)27/h2-14,18,29H,15-16H2,1H3. The molecule has 0 aliphatic rings. The monoisotopic (exact) mass is 458 g/mol. The van der Waals surface area contributed by atoms with Crippen LogP contribution in [0.15, 0.2) is 88.5 Å². The highest BCUT2D eigenvalue weighted by Gasteiger charge is 2.16. The molecule has 5 aromatic rings. The average Bonchev–Trinajstić information content (AvgIpc) is 3.15. The van der Waals surface area contributed by atoms with E-state index in [4.69, 9.17) is 4.74 Å². The quantitative estimate of drug-likeness (QED) is 0.416. The molecule has 7 heteroatoms. The van der Waals surface area contributed by atoms with Gasteiger partial charge in [-0.15, -0.1) is 0 Å². The number of para-hydroxylation sites is 2. The van der Waals surface area contributed by atoms with Crippen LogP contribution in [0.3, 0.4) is 0 Å². The molecule has 1 unspecified atom stereocenters. The predicted octanol–water partition coefficient (Wildman–Crippen LogP) is 4.11. The molecule has 33 heavy (non-hydrogen) atoms. The van der Waals surface area contributed by atoms with Crippen LogP contribution >= 0.6 is 11.3 Å². The van der Waals surface area contributed by atoms with Gasteiger partial charge in [-0.3, -0.25) is 14.2 Å². The van der Waals surface area contributed by atoms with Crippen LogP contribution in [0.1, 0.15) is 0 Å². The first kappa shape index (κ1) is 21.2. The van der Waals surface area contributed by atoms with Gasteiger partial charge in [0.1, 0.15) is 5.75 Å². The van der Waals surface area contributed by atoms with Gasteiger partial charge in [0.05, 0.1) is 26.3 Å². The summed E-state index contributed by atoms with van der Waals surface area (Å²) < 4.78 is 8.31. The zero-order valence-electron chi connectivity index (χ0n) is 18.0. The lowest BCUT2D eigenvalue weighted by Crippen LogP contribution is -2.36. The number of ether oxygens (including phenoxy) is 1. The van der Waals surface area contributed by atoms with E-state index in [0.29, 0.717) is 10.6 Å². The zero-order valence-corrected chi connectivity index (χ0v) is 18.8. The molecule has 0 aliphatic heterocycles. The second kappa shape index (κ2) is 8.69. The van der Waals surface area contributed by atoms with Gasteiger partial charge in [0, 0.05) is 32.7 Å². The van der Waals surface area contributed by atoms with Crippen molar-refractivity contribution in [3.8, 4) is 16.2 Å². The number of benzene rings is 3. The Morgan fingerprint density at radius 2 is 1.42 bits per heavy atom. The lowest BCUT2D eigenvalue weighted by Gasteiger charge is -2.15. The minimum absolute atomic E-state index is 0.0715. The smallest absolute Gasteiger partial charge is 0.310 e. The number of aromatic nitrogens is 2. The van der Waals surface area contributed by atoms with E-state index >= 15 is 0 Å². The Labute approximate surface area is 193 Å². The molecule has 2 heterocycles. The lowest BCUT2D eigenvalue weighted by atomic mass is 10.2. The molecule has 0 aliphatic carbocycles. The number of rotatable bonds is 6. The van der Waals surface area contributed by atoms with E-state index in [1.807, 2.05) is 53.1 Å². The third-order valence-electron chi connectivity index (χ3n) is 5.78. The van der Waals surface area contributed by atoms with Crippen LogP contribution in [-0.2, 0) is 13.1 Å². The SMILES string of the molecule is COc1ccc(-c2cc(=O)n(CC(O)Cn3c4ccccc4c4ccccc43)c(=O)s2)cc1. The first-order chi connectivity index (χ1) is 16.0. The molecule has 0 fully saturated rings. The van der Waals surface area contributed by atoms with E-state index in [-0.39, 0.29) is 13.1 Å². The van der Waals surface area contributed by atoms with Crippen molar-refractivity contribution in [1.29, 1.82) is 0 Å². The highest BCUT2D eigenvalue weighted by Crippen LogP contribution is 2.29. The Bertz CT molecular complexity index is 1480. The number of fused-ring (bicyclic) bond motifs is 3. The topological polar surface area (TPSA) is 73.5 Å². The molecule has 3 aromatic carbocycles. The number of aliphatic hydroxyl groups is 1. The molecular weight excluding hydrogens is 436 g/mol. The fourth-order valence-corrected chi connectivity index (χ4v) is 5.08. The Balaban J connectivity index is 1.44. The Hall–Kier alpha value is -3.68. The minimum atomic E-state index is -0.909. The van der Waals surface area contributed by atoms with Gasteiger partial charge in [-0.1, -0.05) is 47.7 Å². The number of hydrogen-bond donors (Lipinski definition) is 1. The molecule has 1 atom stereocenters. The summed E-state index contributed by atoms with van der Waals surface area (Å²) in [6.45, 7) is 0.197. The first-order valence-electron chi connectivity index (χ1n) is 10.6. The van der Waals surface area contributed by atoms with Gasteiger partial charge in [0.25, 0.3) is 5.56 Å². The number of methoxy groups -OCH3 is 1. The summed E-state index contributed by atoms with van der Waals surface area (Å²) in [4.78, 5) is 25.7. The summed E-state index contributed by atoms with van der Waals surface area (Å²) in [5, 5.41) is 13.1. The second-order valence-electron chi connectivity index (χ2n) is 7.85. The van der Waals surface area contributed by atoms with Crippen LogP contribution in [0.2, 0.25) is 0 Å². The number of hydrogen-bond acceptors (Lipinski definition) is 5. The summed E-state index contributed by atoms with van der Waals surface area (Å²) in [7, 11) is 1.58. The van der Waals surface area contributed by atoms with Crippen LogP contribution in [0.4, 0.5) is 0 Å². The van der Waals surface area contributed by atoms with Gasteiger partial charge in [0.15, 0.2) is 0 Å². The molecule has 5 rings (SSSR count). The van der Waals surface area contributed by atoms with Crippen molar-refractivity contribution in [2.45, 2.75) is 19.2 Å². The maximum absolute atomic E-state index is 12.8. The number of aliphatic hydroxyl groups excluding tert-OH is 1. The van der Waals surface area contributed by atoms with E-state index in [2.05, 4.69) is 12.1 Å². The van der Waals surface area contributed by atoms with E-state index in [1.54, 1.807) is 19.2 Å². The molecule has 0 bridgehead atoms.